The largest absolute Gasteiger partial charge is 0.338 e. The van der Waals surface area contributed by atoms with Gasteiger partial charge in [0, 0.05) is 32.2 Å². The van der Waals surface area contributed by atoms with Crippen LogP contribution in [-0.2, 0) is 4.79 Å². The molecule has 2 heterocycles. The number of carbonyl (C=O) groups is 2. The lowest BCUT2D eigenvalue weighted by Crippen LogP contribution is -2.56. The molecule has 1 aromatic carbocycles. The molecule has 1 aromatic rings. The molecule has 3 rings (SSSR count). The highest BCUT2D eigenvalue weighted by molar-refractivity contribution is 6.33. The van der Waals surface area contributed by atoms with Crippen LogP contribution in [0.3, 0.4) is 0 Å². The van der Waals surface area contributed by atoms with E-state index in [1.807, 2.05) is 36.1 Å². The van der Waals surface area contributed by atoms with E-state index in [-0.39, 0.29) is 24.0 Å². The number of rotatable bonds is 4. The third-order valence-electron chi connectivity index (χ3n) is 5.13. The number of likely N-dealkylation sites (tertiary alicyclic amines) is 1. The molecule has 1 atom stereocenters. The molecule has 0 spiro atoms. The molecular formula is C19H27ClN4O2. The van der Waals surface area contributed by atoms with Crippen LogP contribution in [0.15, 0.2) is 24.3 Å². The summed E-state index contributed by atoms with van der Waals surface area (Å²) >= 11 is 6.28. The van der Waals surface area contributed by atoms with Crippen LogP contribution < -0.4 is 15.5 Å². The lowest BCUT2D eigenvalue weighted by Gasteiger charge is -2.38. The molecule has 2 saturated heterocycles. The Kier molecular flexibility index (Phi) is 6.38. The van der Waals surface area contributed by atoms with E-state index in [1.165, 1.54) is 0 Å². The molecule has 0 bridgehead atoms. The first kappa shape index (κ1) is 19.0. The van der Waals surface area contributed by atoms with Crippen molar-refractivity contribution in [1.29, 1.82) is 0 Å². The Morgan fingerprint density at radius 2 is 1.92 bits per heavy atom. The number of nitrogens with one attached hydrogen (secondary N) is 2. The van der Waals surface area contributed by atoms with Gasteiger partial charge in [0.15, 0.2) is 0 Å². The fraction of sp³-hybridized carbons (Fsp3) is 0.579. The molecule has 26 heavy (non-hydrogen) atoms. The first-order valence-electron chi connectivity index (χ1n) is 9.45. The quantitative estimate of drug-likeness (QED) is 0.846. The van der Waals surface area contributed by atoms with E-state index in [2.05, 4.69) is 10.6 Å². The van der Waals surface area contributed by atoms with Gasteiger partial charge in [0.1, 0.15) is 0 Å². The lowest BCUT2D eigenvalue weighted by molar-refractivity contribution is -0.122. The topological polar surface area (TPSA) is 64.7 Å². The van der Waals surface area contributed by atoms with E-state index < -0.39 is 0 Å². The second-order valence-electron chi connectivity index (χ2n) is 6.90. The second-order valence-corrected chi connectivity index (χ2v) is 7.31. The van der Waals surface area contributed by atoms with Gasteiger partial charge >= 0.3 is 6.03 Å². The molecule has 2 N–H and O–H groups in total. The molecule has 2 aliphatic rings. The molecule has 2 aliphatic heterocycles. The van der Waals surface area contributed by atoms with E-state index in [1.54, 1.807) is 4.90 Å². The zero-order chi connectivity index (χ0) is 18.5. The van der Waals surface area contributed by atoms with Gasteiger partial charge in [-0.15, -0.1) is 0 Å². The number of hydrogen-bond donors (Lipinski definition) is 2. The van der Waals surface area contributed by atoms with E-state index in [9.17, 15) is 9.59 Å². The van der Waals surface area contributed by atoms with Gasteiger partial charge in [-0.25, -0.2) is 4.79 Å². The number of benzene rings is 1. The number of amides is 3. The highest BCUT2D eigenvalue weighted by atomic mass is 35.5. The van der Waals surface area contributed by atoms with E-state index in [0.717, 1.165) is 44.5 Å². The van der Waals surface area contributed by atoms with Crippen molar-refractivity contribution in [2.75, 3.05) is 31.1 Å². The Labute approximate surface area is 159 Å². The maximum atomic E-state index is 12.9. The van der Waals surface area contributed by atoms with Gasteiger partial charge in [-0.3, -0.25) is 4.79 Å². The van der Waals surface area contributed by atoms with Gasteiger partial charge in [0.2, 0.25) is 5.91 Å². The van der Waals surface area contributed by atoms with Crippen molar-refractivity contribution in [2.24, 2.45) is 0 Å². The van der Waals surface area contributed by atoms with Crippen LogP contribution in [0.2, 0.25) is 5.02 Å². The second kappa shape index (κ2) is 8.73. The summed E-state index contributed by atoms with van der Waals surface area (Å²) in [5.74, 6) is 0.0931. The Morgan fingerprint density at radius 1 is 1.19 bits per heavy atom. The third kappa shape index (κ3) is 4.30. The van der Waals surface area contributed by atoms with Crippen molar-refractivity contribution in [2.45, 2.75) is 44.7 Å². The van der Waals surface area contributed by atoms with Gasteiger partial charge in [0.05, 0.1) is 16.8 Å². The summed E-state index contributed by atoms with van der Waals surface area (Å²) in [4.78, 5) is 28.5. The van der Waals surface area contributed by atoms with Crippen LogP contribution in [0.4, 0.5) is 10.5 Å². The Bertz CT molecular complexity index is 646. The predicted octanol–water partition coefficient (Wildman–Crippen LogP) is 2.62. The van der Waals surface area contributed by atoms with Crippen molar-refractivity contribution in [3.8, 4) is 0 Å². The van der Waals surface area contributed by atoms with Gasteiger partial charge < -0.3 is 20.4 Å². The standard InChI is InChI=1S/C19H27ClN4O2/c1-2-21-19(26)23-12-9-14(10-13-23)22-16-7-5-11-24(18(16)25)17-8-4-3-6-15(17)20/h3-4,6,8,14,16,22H,2,5,7,9-13H2,1H3,(H,21,26)/t16-/m1/s1. The molecule has 0 aromatic heterocycles. The molecule has 0 unspecified atom stereocenters. The number of para-hydroxylation sites is 1. The van der Waals surface area contributed by atoms with E-state index >= 15 is 0 Å². The van der Waals surface area contributed by atoms with Crippen LogP contribution in [0.25, 0.3) is 0 Å². The number of anilines is 1. The average Bonchev–Trinajstić information content (AvgIpc) is 2.65. The zero-order valence-electron chi connectivity index (χ0n) is 15.2. The van der Waals surface area contributed by atoms with Gasteiger partial charge in [0.25, 0.3) is 0 Å². The minimum absolute atomic E-state index is 0.00425. The third-order valence-corrected chi connectivity index (χ3v) is 5.45. The van der Waals surface area contributed by atoms with Crippen molar-refractivity contribution >= 4 is 29.2 Å². The Hall–Kier alpha value is -1.79. The van der Waals surface area contributed by atoms with Crippen molar-refractivity contribution in [3.63, 3.8) is 0 Å². The monoisotopic (exact) mass is 378 g/mol. The molecule has 2 fully saturated rings. The first-order valence-corrected chi connectivity index (χ1v) is 9.82. The highest BCUT2D eigenvalue weighted by Crippen LogP contribution is 2.29. The molecule has 0 radical (unpaired) electrons. The van der Waals surface area contributed by atoms with Crippen molar-refractivity contribution in [3.05, 3.63) is 29.3 Å². The molecule has 7 heteroatoms. The van der Waals surface area contributed by atoms with Crippen LogP contribution in [0.1, 0.15) is 32.6 Å². The maximum Gasteiger partial charge on any atom is 0.317 e. The number of halogens is 1. The summed E-state index contributed by atoms with van der Waals surface area (Å²) in [5, 5.41) is 6.97. The average molecular weight is 379 g/mol. The summed E-state index contributed by atoms with van der Waals surface area (Å²) in [6.45, 7) is 4.71. The summed E-state index contributed by atoms with van der Waals surface area (Å²) in [7, 11) is 0. The lowest BCUT2D eigenvalue weighted by atomic mass is 9.99. The smallest absolute Gasteiger partial charge is 0.317 e. The van der Waals surface area contributed by atoms with E-state index in [0.29, 0.717) is 18.1 Å². The SMILES string of the molecule is CCNC(=O)N1CCC(N[C@@H]2CCCN(c3ccccc3Cl)C2=O)CC1. The Morgan fingerprint density at radius 3 is 2.62 bits per heavy atom. The summed E-state index contributed by atoms with van der Waals surface area (Å²) in [5.41, 5.74) is 0.789. The molecular weight excluding hydrogens is 352 g/mol. The number of hydrogen-bond acceptors (Lipinski definition) is 3. The van der Waals surface area contributed by atoms with Crippen molar-refractivity contribution < 1.29 is 9.59 Å². The Balaban J connectivity index is 1.56. The maximum absolute atomic E-state index is 12.9. The molecule has 0 aliphatic carbocycles. The zero-order valence-corrected chi connectivity index (χ0v) is 16.0. The number of nitrogens with zero attached hydrogens (tertiary/aromatic N) is 2. The van der Waals surface area contributed by atoms with Gasteiger partial charge in [-0.1, -0.05) is 23.7 Å². The number of carbonyl (C=O) groups excluding carboxylic acids is 2. The minimum Gasteiger partial charge on any atom is -0.338 e. The van der Waals surface area contributed by atoms with Gasteiger partial charge in [-0.2, -0.15) is 0 Å². The van der Waals surface area contributed by atoms with Gasteiger partial charge in [-0.05, 0) is 44.7 Å². The van der Waals surface area contributed by atoms with Crippen LogP contribution >= 0.6 is 11.6 Å². The number of urea groups is 1. The van der Waals surface area contributed by atoms with Crippen LogP contribution in [0, 0.1) is 0 Å². The summed E-state index contributed by atoms with van der Waals surface area (Å²) < 4.78 is 0. The highest BCUT2D eigenvalue weighted by Gasteiger charge is 2.33. The van der Waals surface area contributed by atoms with E-state index in [4.69, 9.17) is 11.6 Å². The molecule has 3 amide bonds. The first-order chi connectivity index (χ1) is 12.6. The van der Waals surface area contributed by atoms with Crippen LogP contribution in [0.5, 0.6) is 0 Å². The minimum atomic E-state index is -0.180. The molecule has 142 valence electrons. The fourth-order valence-electron chi connectivity index (χ4n) is 3.74. The predicted molar refractivity (Wildman–Crippen MR) is 104 cm³/mol. The fourth-order valence-corrected chi connectivity index (χ4v) is 3.97. The van der Waals surface area contributed by atoms with Crippen molar-refractivity contribution in [1.82, 2.24) is 15.5 Å². The van der Waals surface area contributed by atoms with Crippen LogP contribution in [-0.4, -0.2) is 55.1 Å². The molecule has 6 nitrogen and oxygen atoms in total. The summed E-state index contributed by atoms with van der Waals surface area (Å²) in [6.07, 6.45) is 3.53. The molecule has 0 saturated carbocycles. The summed E-state index contributed by atoms with van der Waals surface area (Å²) in [6, 6.07) is 7.58. The normalized spacial score (nSPS) is 21.8. The number of piperidine rings is 2.